The normalized spacial score (nSPS) is 16.1. The van der Waals surface area contributed by atoms with Crippen LogP contribution in [0.25, 0.3) is 0 Å². The van der Waals surface area contributed by atoms with E-state index in [1.807, 2.05) is 43.3 Å². The molecule has 1 aliphatic rings. The fourth-order valence-electron chi connectivity index (χ4n) is 2.97. The molecule has 24 heavy (non-hydrogen) atoms. The van der Waals surface area contributed by atoms with Crippen LogP contribution >= 0.6 is 11.6 Å². The van der Waals surface area contributed by atoms with Crippen molar-refractivity contribution in [2.24, 2.45) is 0 Å². The van der Waals surface area contributed by atoms with E-state index in [-0.39, 0.29) is 11.8 Å². The van der Waals surface area contributed by atoms with Crippen LogP contribution in [0.3, 0.4) is 0 Å². The number of amides is 1. The Hall–Kier alpha value is -2.27. The number of hydrogen-bond acceptors (Lipinski definition) is 4. The van der Waals surface area contributed by atoms with Crippen molar-refractivity contribution in [2.45, 2.75) is 12.3 Å². The highest BCUT2D eigenvalue weighted by atomic mass is 35.5. The van der Waals surface area contributed by atoms with E-state index >= 15 is 0 Å². The largest absolute Gasteiger partial charge is 0.493 e. The molecule has 6 heteroatoms. The first-order chi connectivity index (χ1) is 11.5. The molecule has 1 aromatic carbocycles. The molecule has 0 saturated heterocycles. The maximum atomic E-state index is 13.1. The van der Waals surface area contributed by atoms with E-state index < -0.39 is 0 Å². The van der Waals surface area contributed by atoms with Gasteiger partial charge in [-0.25, -0.2) is 4.98 Å². The Kier molecular flexibility index (Phi) is 4.62. The van der Waals surface area contributed by atoms with E-state index in [0.717, 1.165) is 22.8 Å². The Morgan fingerprint density at radius 2 is 2.08 bits per heavy atom. The zero-order chi connectivity index (χ0) is 17.3. The lowest BCUT2D eigenvalue weighted by Gasteiger charge is -2.30. The summed E-state index contributed by atoms with van der Waals surface area (Å²) in [7, 11) is 5.60. The Balaban J connectivity index is 1.95. The molecule has 1 aliphatic heterocycles. The Morgan fingerprint density at radius 3 is 2.83 bits per heavy atom. The van der Waals surface area contributed by atoms with Crippen LogP contribution in [0.2, 0.25) is 5.02 Å². The summed E-state index contributed by atoms with van der Waals surface area (Å²) in [5.41, 5.74) is 1.63. The van der Waals surface area contributed by atoms with Crippen LogP contribution in [-0.4, -0.2) is 38.6 Å². The number of ether oxygens (including phenoxy) is 1. The lowest BCUT2D eigenvalue weighted by molar-refractivity contribution is -0.120. The van der Waals surface area contributed by atoms with Gasteiger partial charge in [0.15, 0.2) is 5.82 Å². The summed E-state index contributed by atoms with van der Waals surface area (Å²) in [4.78, 5) is 21.1. The van der Waals surface area contributed by atoms with Gasteiger partial charge in [-0.1, -0.05) is 11.6 Å². The second-order valence-corrected chi connectivity index (χ2v) is 6.45. The van der Waals surface area contributed by atoms with Crippen molar-refractivity contribution >= 4 is 29.0 Å². The third-order valence-corrected chi connectivity index (χ3v) is 4.43. The van der Waals surface area contributed by atoms with Crippen molar-refractivity contribution in [1.29, 1.82) is 0 Å². The van der Waals surface area contributed by atoms with Gasteiger partial charge in [-0.05, 0) is 36.8 Å². The van der Waals surface area contributed by atoms with Gasteiger partial charge in [0.25, 0.3) is 0 Å². The molecule has 0 N–H and O–H groups in total. The fraction of sp³-hybridized carbons (Fsp3) is 0.333. The summed E-state index contributed by atoms with van der Waals surface area (Å²) in [5, 5.41) is 0.607. The second-order valence-electron chi connectivity index (χ2n) is 6.01. The first-order valence-electron chi connectivity index (χ1n) is 7.81. The van der Waals surface area contributed by atoms with E-state index in [9.17, 15) is 4.79 Å². The van der Waals surface area contributed by atoms with Gasteiger partial charge in [0.05, 0.1) is 18.2 Å². The van der Waals surface area contributed by atoms with Crippen LogP contribution in [0.4, 0.5) is 11.5 Å². The number of fused-ring (bicyclic) bond motifs is 1. The molecule has 0 aliphatic carbocycles. The van der Waals surface area contributed by atoms with Crippen LogP contribution in [-0.2, 0) is 4.79 Å². The van der Waals surface area contributed by atoms with E-state index in [4.69, 9.17) is 16.3 Å². The van der Waals surface area contributed by atoms with Crippen LogP contribution < -0.4 is 14.5 Å². The maximum absolute atomic E-state index is 13.1. The zero-order valence-corrected chi connectivity index (χ0v) is 14.7. The van der Waals surface area contributed by atoms with E-state index in [0.29, 0.717) is 18.1 Å². The van der Waals surface area contributed by atoms with Gasteiger partial charge in [0.2, 0.25) is 5.91 Å². The number of likely N-dealkylation sites (N-methyl/N-ethyl adjacent to an activating group) is 1. The number of halogens is 1. The Labute approximate surface area is 146 Å². The predicted octanol–water partition coefficient (Wildman–Crippen LogP) is 3.33. The number of pyridine rings is 1. The molecule has 2 heterocycles. The molecule has 0 fully saturated rings. The molecule has 0 bridgehead atoms. The molecule has 0 saturated carbocycles. The zero-order valence-electron chi connectivity index (χ0n) is 14.0. The summed E-state index contributed by atoms with van der Waals surface area (Å²) in [6.45, 7) is 0.520. The van der Waals surface area contributed by atoms with Crippen molar-refractivity contribution < 1.29 is 9.53 Å². The van der Waals surface area contributed by atoms with Crippen LogP contribution in [0.15, 0.2) is 36.5 Å². The van der Waals surface area contributed by atoms with Gasteiger partial charge < -0.3 is 14.5 Å². The summed E-state index contributed by atoms with van der Waals surface area (Å²) in [6, 6.07) is 9.16. The van der Waals surface area contributed by atoms with Crippen molar-refractivity contribution in [3.63, 3.8) is 0 Å². The smallest absolute Gasteiger partial charge is 0.234 e. The van der Waals surface area contributed by atoms with Gasteiger partial charge in [0.1, 0.15) is 5.75 Å². The Morgan fingerprint density at radius 1 is 1.29 bits per heavy atom. The molecule has 0 unspecified atom stereocenters. The average Bonchev–Trinajstić information content (AvgIpc) is 2.59. The molecule has 1 atom stereocenters. The summed E-state index contributed by atoms with van der Waals surface area (Å²) in [6.07, 6.45) is 2.36. The van der Waals surface area contributed by atoms with E-state index in [1.54, 1.807) is 24.2 Å². The lowest BCUT2D eigenvalue weighted by Crippen LogP contribution is -2.35. The number of aromatic nitrogens is 1. The average molecular weight is 346 g/mol. The first kappa shape index (κ1) is 16.6. The number of carbonyl (C=O) groups is 1. The van der Waals surface area contributed by atoms with Crippen LogP contribution in [0.1, 0.15) is 17.9 Å². The minimum Gasteiger partial charge on any atom is -0.493 e. The SMILES string of the molecule is CN(C)c1ncccc1N(C)C(=O)[C@H]1CCOc2ccc(Cl)cc21. The number of nitrogens with zero attached hydrogens (tertiary/aromatic N) is 3. The molecular weight excluding hydrogens is 326 g/mol. The van der Waals surface area contributed by atoms with Gasteiger partial charge in [-0.3, -0.25) is 4.79 Å². The second kappa shape index (κ2) is 6.69. The van der Waals surface area contributed by atoms with Crippen molar-refractivity contribution in [1.82, 2.24) is 4.98 Å². The summed E-state index contributed by atoms with van der Waals surface area (Å²) < 4.78 is 5.66. The third-order valence-electron chi connectivity index (χ3n) is 4.19. The molecule has 126 valence electrons. The minimum absolute atomic E-state index is 0.0120. The third kappa shape index (κ3) is 3.04. The lowest BCUT2D eigenvalue weighted by atomic mass is 9.91. The quantitative estimate of drug-likeness (QED) is 0.856. The number of anilines is 2. The van der Waals surface area contributed by atoms with E-state index in [1.165, 1.54) is 0 Å². The minimum atomic E-state index is -0.271. The van der Waals surface area contributed by atoms with Gasteiger partial charge >= 0.3 is 0 Å². The standard InChI is InChI=1S/C18H20ClN3O2/c1-21(2)17-15(5-4-9-20-17)22(3)18(23)13-8-10-24-16-7-6-12(19)11-14(13)16/h4-7,9,11,13H,8,10H2,1-3H3/t13-/m0/s1. The monoisotopic (exact) mass is 345 g/mol. The molecule has 3 rings (SSSR count). The Bertz CT molecular complexity index is 764. The summed E-state index contributed by atoms with van der Waals surface area (Å²) in [5.74, 6) is 1.23. The number of rotatable bonds is 3. The molecule has 0 spiro atoms. The highest BCUT2D eigenvalue weighted by Crippen LogP contribution is 2.37. The number of carbonyl (C=O) groups excluding carboxylic acids is 1. The maximum Gasteiger partial charge on any atom is 0.234 e. The van der Waals surface area contributed by atoms with Crippen molar-refractivity contribution in [3.05, 3.63) is 47.1 Å². The van der Waals surface area contributed by atoms with Crippen molar-refractivity contribution in [2.75, 3.05) is 37.5 Å². The van der Waals surface area contributed by atoms with Crippen LogP contribution in [0, 0.1) is 0 Å². The predicted molar refractivity (Wildman–Crippen MR) is 96.3 cm³/mol. The molecule has 2 aromatic rings. The molecule has 0 radical (unpaired) electrons. The van der Waals surface area contributed by atoms with Gasteiger partial charge in [-0.15, -0.1) is 0 Å². The van der Waals surface area contributed by atoms with Gasteiger partial charge in [0, 0.05) is 37.9 Å². The van der Waals surface area contributed by atoms with E-state index in [2.05, 4.69) is 4.98 Å². The fourth-order valence-corrected chi connectivity index (χ4v) is 3.15. The number of benzene rings is 1. The topological polar surface area (TPSA) is 45.7 Å². The number of hydrogen-bond donors (Lipinski definition) is 0. The summed E-state index contributed by atoms with van der Waals surface area (Å²) >= 11 is 6.11. The van der Waals surface area contributed by atoms with Crippen LogP contribution in [0.5, 0.6) is 5.75 Å². The highest BCUT2D eigenvalue weighted by Gasteiger charge is 2.31. The highest BCUT2D eigenvalue weighted by molar-refractivity contribution is 6.30. The molecule has 1 amide bonds. The molecular formula is C18H20ClN3O2. The molecule has 1 aromatic heterocycles. The first-order valence-corrected chi connectivity index (χ1v) is 8.19. The van der Waals surface area contributed by atoms with Crippen molar-refractivity contribution in [3.8, 4) is 5.75 Å². The molecule has 5 nitrogen and oxygen atoms in total. The van der Waals surface area contributed by atoms with Gasteiger partial charge in [-0.2, -0.15) is 0 Å².